The number of ether oxygens (including phenoxy) is 4. The van der Waals surface area contributed by atoms with Gasteiger partial charge in [-0.05, 0) is 31.4 Å². The van der Waals surface area contributed by atoms with Crippen LogP contribution in [0.1, 0.15) is 57.3 Å². The van der Waals surface area contributed by atoms with E-state index in [4.69, 9.17) is 18.9 Å². The lowest BCUT2D eigenvalue weighted by Gasteiger charge is -2.32. The number of benzene rings is 1. The van der Waals surface area contributed by atoms with E-state index in [0.29, 0.717) is 24.7 Å². The van der Waals surface area contributed by atoms with Gasteiger partial charge in [-0.15, -0.1) is 0 Å². The number of hydrogen-bond acceptors (Lipinski definition) is 4. The second-order valence-corrected chi connectivity index (χ2v) is 7.57. The maximum atomic E-state index is 13.3. The highest BCUT2D eigenvalue weighted by atomic mass is 19.2. The monoisotopic (exact) mass is 384 g/mol. The molecular weight excluding hydrogens is 354 g/mol. The molecule has 2 aliphatic rings. The van der Waals surface area contributed by atoms with Crippen LogP contribution in [-0.2, 0) is 18.9 Å². The molecule has 1 aromatic rings. The number of halogens is 2. The fraction of sp³-hybridized carbons (Fsp3) is 0.714. The van der Waals surface area contributed by atoms with Gasteiger partial charge in [0.1, 0.15) is 0 Å². The SMILES string of the molecule is CCCCC[C@H]1CO[C@H](CC[C@H]2CO[C@H](c3ccc(F)c(F)c3)OC2)OC1. The maximum Gasteiger partial charge on any atom is 0.183 e. The normalized spacial score (nSPS) is 29.0. The van der Waals surface area contributed by atoms with Gasteiger partial charge in [-0.25, -0.2) is 8.78 Å². The number of hydrogen-bond donors (Lipinski definition) is 0. The van der Waals surface area contributed by atoms with Gasteiger partial charge in [-0.1, -0.05) is 32.3 Å². The van der Waals surface area contributed by atoms with E-state index in [2.05, 4.69) is 6.92 Å². The van der Waals surface area contributed by atoms with Gasteiger partial charge in [0.05, 0.1) is 26.4 Å². The highest BCUT2D eigenvalue weighted by molar-refractivity contribution is 5.19. The summed E-state index contributed by atoms with van der Waals surface area (Å²) in [5, 5.41) is 0. The fourth-order valence-electron chi connectivity index (χ4n) is 3.53. The molecule has 6 heteroatoms. The van der Waals surface area contributed by atoms with E-state index in [1.165, 1.54) is 31.7 Å². The summed E-state index contributed by atoms with van der Waals surface area (Å²) in [6.07, 6.45) is 5.85. The minimum atomic E-state index is -0.888. The van der Waals surface area contributed by atoms with Crippen LogP contribution in [0.2, 0.25) is 0 Å². The van der Waals surface area contributed by atoms with Gasteiger partial charge < -0.3 is 18.9 Å². The predicted octanol–water partition coefficient (Wildman–Crippen LogP) is 4.98. The largest absolute Gasteiger partial charge is 0.352 e. The van der Waals surface area contributed by atoms with E-state index in [-0.39, 0.29) is 12.2 Å². The van der Waals surface area contributed by atoms with Gasteiger partial charge in [0, 0.05) is 17.4 Å². The Balaban J connectivity index is 1.32. The van der Waals surface area contributed by atoms with Crippen molar-refractivity contribution >= 4 is 0 Å². The number of unbranched alkanes of at least 4 members (excludes halogenated alkanes) is 2. The van der Waals surface area contributed by atoms with Crippen LogP contribution in [0.5, 0.6) is 0 Å². The zero-order valence-electron chi connectivity index (χ0n) is 16.0. The second-order valence-electron chi connectivity index (χ2n) is 7.57. The molecule has 152 valence electrons. The highest BCUT2D eigenvalue weighted by Gasteiger charge is 2.27. The lowest BCUT2D eigenvalue weighted by atomic mass is 10.0. The van der Waals surface area contributed by atoms with Crippen molar-refractivity contribution in [3.63, 3.8) is 0 Å². The van der Waals surface area contributed by atoms with Crippen molar-refractivity contribution in [3.05, 3.63) is 35.4 Å². The Hall–Kier alpha value is -1.08. The van der Waals surface area contributed by atoms with Crippen LogP contribution >= 0.6 is 0 Å². The van der Waals surface area contributed by atoms with Crippen molar-refractivity contribution in [2.75, 3.05) is 26.4 Å². The van der Waals surface area contributed by atoms with Crippen LogP contribution in [-0.4, -0.2) is 32.7 Å². The Morgan fingerprint density at radius 2 is 1.48 bits per heavy atom. The third-order valence-electron chi connectivity index (χ3n) is 5.24. The standard InChI is InChI=1S/C21H30F2O4/c1-2-3-4-5-15-11-24-20(25-12-15)9-6-16-13-26-21(27-14-16)17-7-8-18(22)19(23)10-17/h7-8,10,15-16,20-21H,2-6,9,11-14H2,1H3/t15-,16-,20-,21-. The van der Waals surface area contributed by atoms with Crippen LogP contribution in [0, 0.1) is 23.5 Å². The van der Waals surface area contributed by atoms with Gasteiger partial charge in [0.2, 0.25) is 0 Å². The zero-order chi connectivity index (χ0) is 19.1. The molecule has 0 saturated carbocycles. The average Bonchev–Trinajstić information content (AvgIpc) is 2.70. The smallest absolute Gasteiger partial charge is 0.183 e. The molecule has 2 fully saturated rings. The molecule has 0 radical (unpaired) electrons. The van der Waals surface area contributed by atoms with Crippen LogP contribution in [0.4, 0.5) is 8.78 Å². The quantitative estimate of drug-likeness (QED) is 0.593. The molecule has 0 bridgehead atoms. The van der Waals surface area contributed by atoms with Crippen molar-refractivity contribution in [2.45, 2.75) is 58.0 Å². The second kappa shape index (κ2) is 10.5. The highest BCUT2D eigenvalue weighted by Crippen LogP contribution is 2.29. The van der Waals surface area contributed by atoms with Gasteiger partial charge in [0.25, 0.3) is 0 Å². The fourth-order valence-corrected chi connectivity index (χ4v) is 3.53. The molecule has 3 rings (SSSR count). The van der Waals surface area contributed by atoms with Crippen LogP contribution in [0.3, 0.4) is 0 Å². The molecule has 0 aliphatic carbocycles. The molecular formula is C21H30F2O4. The van der Waals surface area contributed by atoms with E-state index >= 15 is 0 Å². The zero-order valence-corrected chi connectivity index (χ0v) is 16.0. The van der Waals surface area contributed by atoms with Crippen LogP contribution in [0.25, 0.3) is 0 Å². The predicted molar refractivity (Wildman–Crippen MR) is 97.1 cm³/mol. The summed E-state index contributed by atoms with van der Waals surface area (Å²) in [5.41, 5.74) is 0.500. The molecule has 1 aromatic carbocycles. The van der Waals surface area contributed by atoms with E-state index in [1.807, 2.05) is 0 Å². The first-order valence-corrected chi connectivity index (χ1v) is 10.1. The third kappa shape index (κ3) is 6.21. The van der Waals surface area contributed by atoms with Crippen LogP contribution < -0.4 is 0 Å². The van der Waals surface area contributed by atoms with Gasteiger partial charge >= 0.3 is 0 Å². The van der Waals surface area contributed by atoms with E-state index in [9.17, 15) is 8.78 Å². The molecule has 0 spiro atoms. The van der Waals surface area contributed by atoms with Gasteiger partial charge in [0.15, 0.2) is 24.2 Å². The Bertz CT molecular complexity index is 567. The maximum absolute atomic E-state index is 13.3. The number of rotatable bonds is 8. The van der Waals surface area contributed by atoms with Gasteiger partial charge in [-0.2, -0.15) is 0 Å². The Morgan fingerprint density at radius 1 is 0.815 bits per heavy atom. The van der Waals surface area contributed by atoms with Crippen molar-refractivity contribution < 1.29 is 27.7 Å². The molecule has 2 heterocycles. The third-order valence-corrected chi connectivity index (χ3v) is 5.24. The molecule has 27 heavy (non-hydrogen) atoms. The summed E-state index contributed by atoms with van der Waals surface area (Å²) < 4.78 is 49.4. The average molecular weight is 384 g/mol. The topological polar surface area (TPSA) is 36.9 Å². The molecule has 0 atom stereocenters. The molecule has 0 amide bonds. The minimum Gasteiger partial charge on any atom is -0.352 e. The minimum absolute atomic E-state index is 0.142. The first-order chi connectivity index (χ1) is 13.2. The Labute approximate surface area is 160 Å². The van der Waals surface area contributed by atoms with Crippen LogP contribution in [0.15, 0.2) is 18.2 Å². The lowest BCUT2D eigenvalue weighted by Crippen LogP contribution is -2.33. The summed E-state index contributed by atoms with van der Waals surface area (Å²) in [5.74, 6) is -0.985. The molecule has 4 nitrogen and oxygen atoms in total. The molecule has 2 aliphatic heterocycles. The molecule has 0 aromatic heterocycles. The van der Waals surface area contributed by atoms with Crippen molar-refractivity contribution in [1.29, 1.82) is 0 Å². The summed E-state index contributed by atoms with van der Waals surface area (Å²) in [6.45, 7) is 4.82. The first-order valence-electron chi connectivity index (χ1n) is 10.1. The molecule has 0 N–H and O–H groups in total. The summed E-state index contributed by atoms with van der Waals surface area (Å²) in [7, 11) is 0. The van der Waals surface area contributed by atoms with Gasteiger partial charge in [-0.3, -0.25) is 0 Å². The Morgan fingerprint density at radius 3 is 2.15 bits per heavy atom. The van der Waals surface area contributed by atoms with E-state index in [1.54, 1.807) is 0 Å². The van der Waals surface area contributed by atoms with E-state index < -0.39 is 17.9 Å². The Kier molecular flexibility index (Phi) is 8.00. The lowest BCUT2D eigenvalue weighted by molar-refractivity contribution is -0.220. The van der Waals surface area contributed by atoms with Crippen molar-refractivity contribution in [2.24, 2.45) is 11.8 Å². The summed E-state index contributed by atoms with van der Waals surface area (Å²) >= 11 is 0. The van der Waals surface area contributed by atoms with Crippen molar-refractivity contribution in [3.8, 4) is 0 Å². The summed E-state index contributed by atoms with van der Waals surface area (Å²) in [6, 6.07) is 3.71. The summed E-state index contributed by atoms with van der Waals surface area (Å²) in [4.78, 5) is 0. The van der Waals surface area contributed by atoms with E-state index in [0.717, 1.165) is 38.2 Å². The van der Waals surface area contributed by atoms with Crippen molar-refractivity contribution in [1.82, 2.24) is 0 Å². The molecule has 2 saturated heterocycles. The molecule has 0 unspecified atom stereocenters. The first kappa shape index (κ1) is 20.6.